The minimum atomic E-state index is 0.140. The summed E-state index contributed by atoms with van der Waals surface area (Å²) in [5, 5.41) is 9.38. The van der Waals surface area contributed by atoms with Crippen molar-refractivity contribution in [1.29, 1.82) is 5.26 Å². The molecule has 0 saturated carbocycles. The molecule has 0 atom stereocenters. The Morgan fingerprint density at radius 2 is 2.21 bits per heavy atom. The zero-order valence-corrected chi connectivity index (χ0v) is 8.52. The van der Waals surface area contributed by atoms with Crippen LogP contribution in [0.2, 0.25) is 10.0 Å². The molecule has 72 valence electrons. The first-order valence-electron chi connectivity index (χ1n) is 3.87. The van der Waals surface area contributed by atoms with Gasteiger partial charge < -0.3 is 9.47 Å². The minimum absolute atomic E-state index is 0.140. The van der Waals surface area contributed by atoms with Crippen LogP contribution in [-0.4, -0.2) is 6.79 Å². The Balaban J connectivity index is 2.58. The van der Waals surface area contributed by atoms with E-state index in [9.17, 15) is 0 Å². The van der Waals surface area contributed by atoms with E-state index >= 15 is 0 Å². The number of nitrogens with zero attached hydrogens (tertiary/aromatic N) is 1. The fourth-order valence-electron chi connectivity index (χ4n) is 1.25. The minimum Gasteiger partial charge on any atom is -0.453 e. The number of benzene rings is 1. The molecule has 1 aliphatic rings. The van der Waals surface area contributed by atoms with Gasteiger partial charge in [0.25, 0.3) is 0 Å². The third-order valence-corrected chi connectivity index (χ3v) is 2.64. The summed E-state index contributed by atoms with van der Waals surface area (Å²) in [6.45, 7) is 0.140. The fraction of sp³-hybridized carbons (Fsp3) is 0.222. The first kappa shape index (κ1) is 9.45. The van der Waals surface area contributed by atoms with Crippen molar-refractivity contribution in [3.05, 3.63) is 21.7 Å². The molecule has 3 nitrogen and oxygen atoms in total. The van der Waals surface area contributed by atoms with Gasteiger partial charge in [-0.25, -0.2) is 0 Å². The van der Waals surface area contributed by atoms with Gasteiger partial charge in [0.1, 0.15) is 0 Å². The lowest BCUT2D eigenvalue weighted by molar-refractivity contribution is 0.174. The second-order valence-electron chi connectivity index (χ2n) is 2.72. The van der Waals surface area contributed by atoms with Gasteiger partial charge in [-0.05, 0) is 0 Å². The Labute approximate surface area is 90.7 Å². The number of nitriles is 1. The van der Waals surface area contributed by atoms with Crippen molar-refractivity contribution in [1.82, 2.24) is 0 Å². The van der Waals surface area contributed by atoms with Crippen molar-refractivity contribution in [3.8, 4) is 17.6 Å². The zero-order valence-electron chi connectivity index (χ0n) is 7.01. The highest BCUT2D eigenvalue weighted by molar-refractivity contribution is 6.37. The predicted octanol–water partition coefficient (Wildman–Crippen LogP) is 2.79. The van der Waals surface area contributed by atoms with E-state index < -0.39 is 0 Å². The lowest BCUT2D eigenvalue weighted by Gasteiger charge is -2.05. The Hall–Kier alpha value is -1.11. The van der Waals surface area contributed by atoms with E-state index in [-0.39, 0.29) is 13.2 Å². The third-order valence-electron chi connectivity index (χ3n) is 1.91. The molecule has 0 bridgehead atoms. The van der Waals surface area contributed by atoms with Crippen LogP contribution in [0.1, 0.15) is 5.56 Å². The van der Waals surface area contributed by atoms with Crippen molar-refractivity contribution >= 4 is 23.2 Å². The van der Waals surface area contributed by atoms with Gasteiger partial charge in [-0.2, -0.15) is 5.26 Å². The van der Waals surface area contributed by atoms with Gasteiger partial charge in [-0.15, -0.1) is 0 Å². The Morgan fingerprint density at radius 3 is 2.93 bits per heavy atom. The second-order valence-corrected chi connectivity index (χ2v) is 3.50. The average molecular weight is 230 g/mol. The van der Waals surface area contributed by atoms with E-state index in [4.69, 9.17) is 37.9 Å². The quantitative estimate of drug-likeness (QED) is 0.744. The molecule has 1 aromatic rings. The normalized spacial score (nSPS) is 12.6. The summed E-state index contributed by atoms with van der Waals surface area (Å²) in [7, 11) is 0. The summed E-state index contributed by atoms with van der Waals surface area (Å²) in [5.41, 5.74) is 0.583. The van der Waals surface area contributed by atoms with Crippen molar-refractivity contribution in [3.63, 3.8) is 0 Å². The standard InChI is InChI=1S/C9H5Cl2NO2/c10-6-3-7-9(14-4-13-7)8(11)5(6)1-2-12/h3H,1,4H2. The zero-order chi connectivity index (χ0) is 10.1. The number of fused-ring (bicyclic) bond motifs is 1. The van der Waals surface area contributed by atoms with Crippen LogP contribution < -0.4 is 9.47 Å². The highest BCUT2D eigenvalue weighted by atomic mass is 35.5. The molecule has 5 heteroatoms. The van der Waals surface area contributed by atoms with Crippen molar-refractivity contribution in [2.24, 2.45) is 0 Å². The van der Waals surface area contributed by atoms with Gasteiger partial charge in [0.2, 0.25) is 6.79 Å². The van der Waals surface area contributed by atoms with Crippen LogP contribution in [0.3, 0.4) is 0 Å². The van der Waals surface area contributed by atoms with E-state index in [1.54, 1.807) is 6.07 Å². The topological polar surface area (TPSA) is 42.2 Å². The number of hydrogen-bond acceptors (Lipinski definition) is 3. The Bertz CT molecular complexity index is 426. The molecule has 1 aromatic carbocycles. The lowest BCUT2D eigenvalue weighted by Crippen LogP contribution is -1.93. The largest absolute Gasteiger partial charge is 0.453 e. The summed E-state index contributed by atoms with van der Waals surface area (Å²) in [4.78, 5) is 0. The maximum Gasteiger partial charge on any atom is 0.231 e. The fourth-order valence-corrected chi connectivity index (χ4v) is 1.88. The van der Waals surface area contributed by atoms with E-state index in [0.29, 0.717) is 27.1 Å². The summed E-state index contributed by atoms with van der Waals surface area (Å²) >= 11 is 11.9. The molecule has 14 heavy (non-hydrogen) atoms. The maximum absolute atomic E-state index is 8.58. The Morgan fingerprint density at radius 1 is 1.43 bits per heavy atom. The van der Waals surface area contributed by atoms with Gasteiger partial charge in [0.05, 0.1) is 22.5 Å². The first-order valence-corrected chi connectivity index (χ1v) is 4.63. The summed E-state index contributed by atoms with van der Waals surface area (Å²) < 4.78 is 10.3. The number of rotatable bonds is 1. The average Bonchev–Trinajstić information content (AvgIpc) is 2.60. The lowest BCUT2D eigenvalue weighted by atomic mass is 10.1. The van der Waals surface area contributed by atoms with Crippen LogP contribution in [-0.2, 0) is 6.42 Å². The monoisotopic (exact) mass is 229 g/mol. The summed E-state index contributed by atoms with van der Waals surface area (Å²) in [6, 6.07) is 3.61. The molecule has 0 aromatic heterocycles. The van der Waals surface area contributed by atoms with Gasteiger partial charge >= 0.3 is 0 Å². The Kier molecular flexibility index (Phi) is 2.40. The summed E-state index contributed by atoms with van der Waals surface area (Å²) in [6.07, 6.45) is 0.161. The predicted molar refractivity (Wildman–Crippen MR) is 51.9 cm³/mol. The second kappa shape index (κ2) is 3.56. The molecule has 0 unspecified atom stereocenters. The van der Waals surface area contributed by atoms with E-state index in [1.807, 2.05) is 6.07 Å². The van der Waals surface area contributed by atoms with Crippen molar-refractivity contribution in [2.75, 3.05) is 6.79 Å². The number of hydrogen-bond donors (Lipinski definition) is 0. The van der Waals surface area contributed by atoms with Crippen LogP contribution in [0.5, 0.6) is 11.5 Å². The van der Waals surface area contributed by atoms with Gasteiger partial charge in [-0.3, -0.25) is 0 Å². The van der Waals surface area contributed by atoms with Gasteiger partial charge in [-0.1, -0.05) is 23.2 Å². The molecular weight excluding hydrogens is 225 g/mol. The molecule has 0 saturated heterocycles. The third kappa shape index (κ3) is 1.37. The maximum atomic E-state index is 8.58. The molecule has 0 aliphatic carbocycles. The molecule has 0 fully saturated rings. The molecule has 0 spiro atoms. The molecule has 0 amide bonds. The smallest absolute Gasteiger partial charge is 0.231 e. The molecule has 2 rings (SSSR count). The van der Waals surface area contributed by atoms with Crippen LogP contribution in [0.15, 0.2) is 6.07 Å². The van der Waals surface area contributed by atoms with E-state index in [1.165, 1.54) is 0 Å². The molecule has 1 heterocycles. The molecule has 1 aliphatic heterocycles. The van der Waals surface area contributed by atoms with Gasteiger partial charge in [0, 0.05) is 11.6 Å². The molecular formula is C9H5Cl2NO2. The highest BCUT2D eigenvalue weighted by Gasteiger charge is 2.22. The summed E-state index contributed by atoms with van der Waals surface area (Å²) in [5.74, 6) is 1.00. The molecule has 0 radical (unpaired) electrons. The molecule has 0 N–H and O–H groups in total. The van der Waals surface area contributed by atoms with Gasteiger partial charge in [0.15, 0.2) is 11.5 Å². The SMILES string of the molecule is N#CCc1c(Cl)cc2c(c1Cl)OCO2. The van der Waals surface area contributed by atoms with E-state index in [2.05, 4.69) is 0 Å². The first-order chi connectivity index (χ1) is 6.74. The van der Waals surface area contributed by atoms with Crippen LogP contribution in [0.25, 0.3) is 0 Å². The highest BCUT2D eigenvalue weighted by Crippen LogP contribution is 2.44. The van der Waals surface area contributed by atoms with Crippen LogP contribution in [0, 0.1) is 11.3 Å². The number of ether oxygens (including phenoxy) is 2. The van der Waals surface area contributed by atoms with E-state index in [0.717, 1.165) is 0 Å². The van der Waals surface area contributed by atoms with Crippen LogP contribution in [0.4, 0.5) is 0 Å². The van der Waals surface area contributed by atoms with Crippen molar-refractivity contribution in [2.45, 2.75) is 6.42 Å². The van der Waals surface area contributed by atoms with Crippen LogP contribution >= 0.6 is 23.2 Å². The number of halogens is 2. The van der Waals surface area contributed by atoms with Crippen molar-refractivity contribution < 1.29 is 9.47 Å².